The van der Waals surface area contributed by atoms with E-state index in [1.54, 1.807) is 0 Å². The van der Waals surface area contributed by atoms with Gasteiger partial charge in [0.15, 0.2) is 0 Å². The van der Waals surface area contributed by atoms with E-state index in [1.807, 2.05) is 13.0 Å². The van der Waals surface area contributed by atoms with E-state index < -0.39 is 0 Å². The highest BCUT2D eigenvalue weighted by Gasteiger charge is 2.18. The van der Waals surface area contributed by atoms with Gasteiger partial charge in [-0.15, -0.1) is 0 Å². The van der Waals surface area contributed by atoms with Crippen molar-refractivity contribution in [3.63, 3.8) is 0 Å². The number of aromatic nitrogens is 2. The first-order valence-electron chi connectivity index (χ1n) is 7.07. The average Bonchev–Trinajstić information content (AvgIpc) is 2.29. The average molecular weight is 263 g/mol. The summed E-state index contributed by atoms with van der Waals surface area (Å²) < 4.78 is 0. The molecule has 5 heteroatoms. The molecule has 106 valence electrons. The van der Waals surface area contributed by atoms with E-state index >= 15 is 0 Å². The summed E-state index contributed by atoms with van der Waals surface area (Å²) in [7, 11) is 0. The van der Waals surface area contributed by atoms with Crippen LogP contribution in [-0.4, -0.2) is 52.5 Å². The zero-order valence-electron chi connectivity index (χ0n) is 12.3. The number of hydrogen-bond donors (Lipinski definition) is 1. The third kappa shape index (κ3) is 4.44. The molecule has 0 bridgehead atoms. The summed E-state index contributed by atoms with van der Waals surface area (Å²) in [5.74, 6) is 2.15. The Morgan fingerprint density at radius 3 is 2.37 bits per heavy atom. The molecule has 0 aliphatic carbocycles. The molecule has 1 aromatic heterocycles. The molecule has 2 rings (SSSR count). The molecule has 19 heavy (non-hydrogen) atoms. The second kappa shape index (κ2) is 6.30. The van der Waals surface area contributed by atoms with E-state index in [0.29, 0.717) is 5.82 Å². The van der Waals surface area contributed by atoms with Gasteiger partial charge >= 0.3 is 0 Å². The Kier molecular flexibility index (Phi) is 4.71. The van der Waals surface area contributed by atoms with Crippen molar-refractivity contribution >= 4 is 5.82 Å². The molecule has 2 N–H and O–H groups in total. The van der Waals surface area contributed by atoms with Crippen molar-refractivity contribution in [1.29, 1.82) is 0 Å². The molecule has 1 aliphatic rings. The molecule has 0 radical (unpaired) electrons. The Hall–Kier alpha value is -1.20. The van der Waals surface area contributed by atoms with Crippen molar-refractivity contribution in [1.82, 2.24) is 19.8 Å². The number of nitrogens with two attached hydrogens (primary N) is 1. The lowest BCUT2D eigenvalue weighted by Gasteiger charge is -2.35. The highest BCUT2D eigenvalue weighted by molar-refractivity contribution is 5.29. The Balaban J connectivity index is 1.85. The molecule has 0 aromatic carbocycles. The second-order valence-corrected chi connectivity index (χ2v) is 5.82. The molecule has 0 amide bonds. The standard InChI is InChI=1S/C14H25N5/c1-11(2)9-18-4-6-19(7-5-18)10-14-16-12(3)8-13(15)17-14/h8,11H,4-7,9-10H2,1-3H3,(H2,15,16,17). The molecule has 5 nitrogen and oxygen atoms in total. The summed E-state index contributed by atoms with van der Waals surface area (Å²) in [6, 6.07) is 1.81. The molecule has 1 fully saturated rings. The van der Waals surface area contributed by atoms with Gasteiger partial charge < -0.3 is 10.6 Å². The maximum Gasteiger partial charge on any atom is 0.144 e. The van der Waals surface area contributed by atoms with Gasteiger partial charge in [0.25, 0.3) is 0 Å². The molecule has 0 saturated carbocycles. The van der Waals surface area contributed by atoms with Crippen LogP contribution in [0, 0.1) is 12.8 Å². The summed E-state index contributed by atoms with van der Waals surface area (Å²) in [6.07, 6.45) is 0. The molecule has 1 aromatic rings. The van der Waals surface area contributed by atoms with Gasteiger partial charge in [0.2, 0.25) is 0 Å². The van der Waals surface area contributed by atoms with Gasteiger partial charge in [-0.3, -0.25) is 4.90 Å². The minimum atomic E-state index is 0.570. The van der Waals surface area contributed by atoms with Crippen LogP contribution in [0.5, 0.6) is 0 Å². The Morgan fingerprint density at radius 2 is 1.79 bits per heavy atom. The Bertz CT molecular complexity index is 390. The number of hydrogen-bond acceptors (Lipinski definition) is 5. The van der Waals surface area contributed by atoms with Gasteiger partial charge in [-0.1, -0.05) is 13.8 Å². The van der Waals surface area contributed by atoms with Crippen LogP contribution in [-0.2, 0) is 6.54 Å². The molecule has 0 unspecified atom stereocenters. The maximum absolute atomic E-state index is 5.76. The number of nitrogens with zero attached hydrogens (tertiary/aromatic N) is 4. The van der Waals surface area contributed by atoms with Crippen LogP contribution in [0.25, 0.3) is 0 Å². The van der Waals surface area contributed by atoms with E-state index in [4.69, 9.17) is 5.73 Å². The first-order chi connectivity index (χ1) is 9.02. The van der Waals surface area contributed by atoms with Gasteiger partial charge in [-0.05, 0) is 12.8 Å². The van der Waals surface area contributed by atoms with Crippen molar-refractivity contribution < 1.29 is 0 Å². The minimum absolute atomic E-state index is 0.570. The maximum atomic E-state index is 5.76. The van der Waals surface area contributed by atoms with Crippen molar-refractivity contribution in [2.45, 2.75) is 27.3 Å². The van der Waals surface area contributed by atoms with E-state index in [-0.39, 0.29) is 0 Å². The SMILES string of the molecule is Cc1cc(N)nc(CN2CCN(CC(C)C)CC2)n1. The third-order valence-corrected chi connectivity index (χ3v) is 3.37. The largest absolute Gasteiger partial charge is 0.384 e. The van der Waals surface area contributed by atoms with Crippen molar-refractivity contribution in [2.24, 2.45) is 5.92 Å². The predicted octanol–water partition coefficient (Wildman–Crippen LogP) is 1.14. The normalized spacial score (nSPS) is 18.1. The lowest BCUT2D eigenvalue weighted by atomic mass is 10.2. The first-order valence-corrected chi connectivity index (χ1v) is 7.07. The highest BCUT2D eigenvalue weighted by Crippen LogP contribution is 2.09. The zero-order chi connectivity index (χ0) is 13.8. The van der Waals surface area contributed by atoms with Crippen LogP contribution in [0.15, 0.2) is 6.07 Å². The van der Waals surface area contributed by atoms with E-state index in [1.165, 1.54) is 6.54 Å². The molecule has 1 saturated heterocycles. The summed E-state index contributed by atoms with van der Waals surface area (Å²) in [4.78, 5) is 13.7. The molecule has 2 heterocycles. The minimum Gasteiger partial charge on any atom is -0.384 e. The van der Waals surface area contributed by atoms with Gasteiger partial charge in [-0.25, -0.2) is 9.97 Å². The summed E-state index contributed by atoms with van der Waals surface area (Å²) in [5, 5.41) is 0. The Morgan fingerprint density at radius 1 is 1.16 bits per heavy atom. The van der Waals surface area contributed by atoms with Crippen molar-refractivity contribution in [2.75, 3.05) is 38.5 Å². The number of rotatable bonds is 4. The molecule has 0 atom stereocenters. The molecular formula is C14H25N5. The van der Waals surface area contributed by atoms with Gasteiger partial charge in [0.1, 0.15) is 11.6 Å². The second-order valence-electron chi connectivity index (χ2n) is 5.82. The van der Waals surface area contributed by atoms with Crippen molar-refractivity contribution in [3.05, 3.63) is 17.6 Å². The molecule has 1 aliphatic heterocycles. The highest BCUT2D eigenvalue weighted by atomic mass is 15.3. The van der Waals surface area contributed by atoms with Crippen LogP contribution < -0.4 is 5.73 Å². The lowest BCUT2D eigenvalue weighted by Crippen LogP contribution is -2.47. The van der Waals surface area contributed by atoms with Crippen LogP contribution in [0.1, 0.15) is 25.4 Å². The van der Waals surface area contributed by atoms with E-state index in [0.717, 1.165) is 50.2 Å². The molecule has 0 spiro atoms. The molecular weight excluding hydrogens is 238 g/mol. The lowest BCUT2D eigenvalue weighted by molar-refractivity contribution is 0.115. The fourth-order valence-electron chi connectivity index (χ4n) is 2.57. The van der Waals surface area contributed by atoms with Crippen LogP contribution in [0.3, 0.4) is 0 Å². The summed E-state index contributed by atoms with van der Waals surface area (Å²) >= 11 is 0. The monoisotopic (exact) mass is 263 g/mol. The smallest absolute Gasteiger partial charge is 0.144 e. The predicted molar refractivity (Wildman–Crippen MR) is 77.7 cm³/mol. The third-order valence-electron chi connectivity index (χ3n) is 3.37. The zero-order valence-corrected chi connectivity index (χ0v) is 12.3. The topological polar surface area (TPSA) is 58.3 Å². The quantitative estimate of drug-likeness (QED) is 0.883. The van der Waals surface area contributed by atoms with Gasteiger partial charge in [-0.2, -0.15) is 0 Å². The van der Waals surface area contributed by atoms with E-state index in [2.05, 4.69) is 33.6 Å². The summed E-state index contributed by atoms with van der Waals surface area (Å²) in [6.45, 7) is 13.0. The number of nitrogen functional groups attached to an aromatic ring is 1. The Labute approximate surface area is 115 Å². The van der Waals surface area contributed by atoms with Crippen LogP contribution in [0.4, 0.5) is 5.82 Å². The van der Waals surface area contributed by atoms with Gasteiger partial charge in [0.05, 0.1) is 6.54 Å². The number of anilines is 1. The van der Waals surface area contributed by atoms with E-state index in [9.17, 15) is 0 Å². The number of aryl methyl sites for hydroxylation is 1. The fraction of sp³-hybridized carbons (Fsp3) is 0.714. The van der Waals surface area contributed by atoms with Crippen molar-refractivity contribution in [3.8, 4) is 0 Å². The van der Waals surface area contributed by atoms with Crippen LogP contribution in [0.2, 0.25) is 0 Å². The van der Waals surface area contributed by atoms with Gasteiger partial charge in [0, 0.05) is 44.5 Å². The van der Waals surface area contributed by atoms with Crippen LogP contribution >= 0.6 is 0 Å². The summed E-state index contributed by atoms with van der Waals surface area (Å²) in [5.41, 5.74) is 6.71. The first kappa shape index (κ1) is 14.2. The fourth-order valence-corrected chi connectivity index (χ4v) is 2.57. The number of piperazine rings is 1.